The summed E-state index contributed by atoms with van der Waals surface area (Å²) in [5.74, 6) is -0.252. The van der Waals surface area contributed by atoms with E-state index in [1.54, 1.807) is 18.2 Å². The number of para-hydroxylation sites is 2. The summed E-state index contributed by atoms with van der Waals surface area (Å²) in [4.78, 5) is 26.2. The van der Waals surface area contributed by atoms with Gasteiger partial charge in [-0.05, 0) is 39.8 Å². The molecular weight excluding hydrogens is 501 g/mol. The number of phenolic OH excluding ortho intramolecular Hbond substituents is 1. The summed E-state index contributed by atoms with van der Waals surface area (Å²) in [5, 5.41) is 23.9. The molecule has 0 saturated heterocycles. The summed E-state index contributed by atoms with van der Waals surface area (Å²) in [6.07, 6.45) is 1.33. The highest BCUT2D eigenvalue weighted by Crippen LogP contribution is 2.52. The fraction of sp³-hybridized carbons (Fsp3) is 0.154. The van der Waals surface area contributed by atoms with Crippen LogP contribution in [0, 0.1) is 10.1 Å². The molecule has 148 valence electrons. The molecule has 10 nitrogen and oxygen atoms in total. The van der Waals surface area contributed by atoms with Crippen molar-refractivity contribution in [1.82, 2.24) is 19.9 Å². The third-order valence-corrected chi connectivity index (χ3v) is 5.74. The van der Waals surface area contributed by atoms with E-state index in [1.165, 1.54) is 12.4 Å². The largest absolute Gasteiger partial charge is 0.506 e. The lowest BCUT2D eigenvalue weighted by Crippen LogP contribution is -2.35. The zero-order valence-corrected chi connectivity index (χ0v) is 17.4. The number of halogens is 3. The maximum Gasteiger partial charge on any atom is 0.287 e. The number of alkyl halides is 3. The van der Waals surface area contributed by atoms with Crippen LogP contribution in [0.2, 0.25) is 0 Å². The van der Waals surface area contributed by atoms with Crippen LogP contribution in [0.5, 0.6) is 5.75 Å². The van der Waals surface area contributed by atoms with E-state index in [-0.39, 0.29) is 46.7 Å². The lowest BCUT2D eigenvalue weighted by atomic mass is 10.3. The second-order valence-corrected chi connectivity index (χ2v) is 10.8. The molecule has 0 aliphatic rings. The Hall–Kier alpha value is -1.87. The van der Waals surface area contributed by atoms with Gasteiger partial charge in [-0.3, -0.25) is 15.8 Å². The number of nitrogens with zero attached hydrogens (tertiary/aromatic N) is 4. The highest BCUT2D eigenvalue weighted by atomic mass is 79.9. The van der Waals surface area contributed by atoms with Gasteiger partial charge < -0.3 is 15.4 Å². The molecule has 0 spiro atoms. The van der Waals surface area contributed by atoms with E-state index in [1.807, 2.05) is 0 Å². The van der Waals surface area contributed by atoms with Gasteiger partial charge in [-0.15, -0.1) is 0 Å². The first-order valence-corrected chi connectivity index (χ1v) is 9.99. The predicted molar refractivity (Wildman–Crippen MR) is 110 cm³/mol. The van der Waals surface area contributed by atoms with Gasteiger partial charge in [0.2, 0.25) is 4.20 Å². The van der Waals surface area contributed by atoms with Crippen LogP contribution in [0.4, 0.5) is 15.9 Å². The van der Waals surface area contributed by atoms with Crippen molar-refractivity contribution in [3.05, 3.63) is 46.5 Å². The van der Waals surface area contributed by atoms with Crippen molar-refractivity contribution in [2.24, 2.45) is 5.73 Å². The van der Waals surface area contributed by atoms with Gasteiger partial charge in [-0.2, -0.15) is 0 Å². The summed E-state index contributed by atoms with van der Waals surface area (Å²) in [5.41, 5.74) is 6.82. The van der Waals surface area contributed by atoms with E-state index in [0.717, 1.165) is 0 Å². The first kappa shape index (κ1) is 20.9. The predicted octanol–water partition coefficient (Wildman–Crippen LogP) is 3.74. The number of nitro groups is 1. The molecule has 0 amide bonds. The van der Waals surface area contributed by atoms with Gasteiger partial charge >= 0.3 is 0 Å². The number of aromatic hydroxyl groups is 1. The number of anilines is 2. The van der Waals surface area contributed by atoms with E-state index in [9.17, 15) is 19.6 Å². The third-order valence-electron chi connectivity index (χ3n) is 3.23. The number of nitrogens with two attached hydrogens (primary N) is 1. The molecule has 3 rings (SSSR count). The second kappa shape index (κ2) is 7.87. The first-order chi connectivity index (χ1) is 13.1. The first-order valence-electron chi connectivity index (χ1n) is 7.23. The zero-order valence-electron chi connectivity index (χ0n) is 13.5. The zero-order chi connectivity index (χ0) is 20.5. The smallest absolute Gasteiger partial charge is 0.287 e. The molecule has 0 aliphatic heterocycles. The van der Waals surface area contributed by atoms with Crippen LogP contribution >= 0.6 is 51.2 Å². The SMILES string of the molecule is NC(S[N+](=O)[O-])(SC(F)(Cl)Br)c1nc(Nc2ccccc2O)c2[nH]cnc2n1. The molecule has 28 heavy (non-hydrogen) atoms. The molecule has 3 aromatic rings. The summed E-state index contributed by atoms with van der Waals surface area (Å²) in [6, 6.07) is 6.34. The fourth-order valence-electron chi connectivity index (χ4n) is 2.17. The number of hydrogen-bond donors (Lipinski definition) is 4. The number of hydrogen-bond acceptors (Lipinski definition) is 10. The van der Waals surface area contributed by atoms with Crippen LogP contribution in [0.3, 0.4) is 0 Å². The average molecular weight is 511 g/mol. The van der Waals surface area contributed by atoms with Crippen LogP contribution in [-0.2, 0) is 4.20 Å². The topological polar surface area (TPSA) is 156 Å². The minimum absolute atomic E-state index is 0.0205. The normalized spacial score (nSPS) is 15.7. The molecule has 2 heterocycles. The van der Waals surface area contributed by atoms with Gasteiger partial charge in [-0.25, -0.2) is 19.3 Å². The number of aromatic nitrogens is 4. The van der Waals surface area contributed by atoms with Crippen LogP contribution in [0.1, 0.15) is 5.82 Å². The summed E-state index contributed by atoms with van der Waals surface area (Å²) in [7, 11) is 0. The molecule has 0 fully saturated rings. The monoisotopic (exact) mass is 509 g/mol. The molecular formula is C13H10BrClFN7O3S2. The Kier molecular flexibility index (Phi) is 5.86. The number of H-pyrrole nitrogens is 1. The van der Waals surface area contributed by atoms with Crippen LogP contribution in [-0.4, -0.2) is 32.7 Å². The van der Waals surface area contributed by atoms with Crippen molar-refractivity contribution < 1.29 is 13.8 Å². The Labute approximate surface area is 178 Å². The number of benzene rings is 1. The van der Waals surface area contributed by atoms with Crippen LogP contribution in [0.15, 0.2) is 30.6 Å². The second-order valence-electron chi connectivity index (χ2n) is 5.17. The number of thioether (sulfide) groups is 1. The average Bonchev–Trinajstić information content (AvgIpc) is 3.03. The van der Waals surface area contributed by atoms with Gasteiger partial charge in [0.05, 0.1) is 12.0 Å². The van der Waals surface area contributed by atoms with Gasteiger partial charge in [0.1, 0.15) is 15.6 Å². The minimum Gasteiger partial charge on any atom is -0.506 e. The lowest BCUT2D eigenvalue weighted by Gasteiger charge is -2.24. The molecule has 1 aromatic carbocycles. The van der Waals surface area contributed by atoms with Crippen molar-refractivity contribution >= 4 is 73.9 Å². The van der Waals surface area contributed by atoms with Crippen molar-refractivity contribution in [1.29, 1.82) is 0 Å². The lowest BCUT2D eigenvalue weighted by molar-refractivity contribution is -0.285. The summed E-state index contributed by atoms with van der Waals surface area (Å²) >= 11 is 8.22. The van der Waals surface area contributed by atoms with E-state index in [2.05, 4.69) is 41.2 Å². The van der Waals surface area contributed by atoms with Gasteiger partial charge in [0, 0.05) is 0 Å². The molecule has 5 N–H and O–H groups in total. The van der Waals surface area contributed by atoms with E-state index >= 15 is 0 Å². The number of imidazole rings is 1. The van der Waals surface area contributed by atoms with Crippen LogP contribution in [0.25, 0.3) is 11.2 Å². The molecule has 15 heteroatoms. The number of rotatable bonds is 7. The number of nitrogens with one attached hydrogen (secondary N) is 2. The molecule has 0 bridgehead atoms. The number of aromatic amines is 1. The van der Waals surface area contributed by atoms with Crippen molar-refractivity contribution in [3.63, 3.8) is 0 Å². The van der Waals surface area contributed by atoms with E-state index in [0.29, 0.717) is 11.2 Å². The van der Waals surface area contributed by atoms with E-state index in [4.69, 9.17) is 17.3 Å². The highest BCUT2D eigenvalue weighted by Gasteiger charge is 2.48. The highest BCUT2D eigenvalue weighted by molar-refractivity contribution is 9.12. The molecule has 0 radical (unpaired) electrons. The molecule has 2 aromatic heterocycles. The molecule has 2 unspecified atom stereocenters. The summed E-state index contributed by atoms with van der Waals surface area (Å²) in [6.45, 7) is 0. The van der Waals surface area contributed by atoms with Gasteiger partial charge in [-0.1, -0.05) is 23.7 Å². The molecule has 0 aliphatic carbocycles. The number of phenols is 1. The standard InChI is InChI=1S/C13H10BrClFN7O3S2/c14-13(15,16)27-12(17,28-23(25)26)11-21-9-8(18-5-19-9)10(22-11)20-6-3-1-2-4-7(6)24/h1-5,24H,17H2,(H2,18,19,20,21,22). The van der Waals surface area contributed by atoms with Crippen LogP contribution < -0.4 is 11.1 Å². The number of fused-ring (bicyclic) bond motifs is 1. The Bertz CT molecular complexity index is 1040. The van der Waals surface area contributed by atoms with Crippen molar-refractivity contribution in [2.75, 3.05) is 5.32 Å². The van der Waals surface area contributed by atoms with Crippen molar-refractivity contribution in [2.45, 2.75) is 7.57 Å². The summed E-state index contributed by atoms with van der Waals surface area (Å²) < 4.78 is 8.45. The maximum atomic E-state index is 14.0. The Morgan fingerprint density at radius 3 is 2.79 bits per heavy atom. The fourth-order valence-corrected chi connectivity index (χ4v) is 5.36. The van der Waals surface area contributed by atoms with Gasteiger partial charge in [0.15, 0.2) is 17.3 Å². The van der Waals surface area contributed by atoms with Gasteiger partial charge in [0.25, 0.3) is 15.3 Å². The molecule has 0 saturated carbocycles. The van der Waals surface area contributed by atoms with E-state index < -0.39 is 11.9 Å². The third kappa shape index (κ3) is 4.75. The Morgan fingerprint density at radius 1 is 1.43 bits per heavy atom. The quantitative estimate of drug-likeness (QED) is 0.0921. The van der Waals surface area contributed by atoms with Crippen molar-refractivity contribution in [3.8, 4) is 5.75 Å². The minimum atomic E-state index is -2.61. The maximum absolute atomic E-state index is 14.0. The molecule has 2 atom stereocenters. The Balaban J connectivity index is 2.12. The Morgan fingerprint density at radius 2 is 2.14 bits per heavy atom.